The second kappa shape index (κ2) is 52.9. The van der Waals surface area contributed by atoms with Crippen LogP contribution in [0.5, 0.6) is 0 Å². The molecule has 6 N–H and O–H groups in total. The second-order valence-electron chi connectivity index (χ2n) is 33.0. The molecule has 130 heavy (non-hydrogen) atoms. The number of fused-ring (bicyclic) bond motifs is 5. The van der Waals surface area contributed by atoms with Gasteiger partial charge in [0, 0.05) is 79.4 Å². The van der Waals surface area contributed by atoms with Gasteiger partial charge < -0.3 is 69.7 Å². The fraction of sp³-hybridized carbons (Fsp3) is 0.330. The third kappa shape index (κ3) is 35.2. The van der Waals surface area contributed by atoms with E-state index in [0.717, 1.165) is 115 Å². The van der Waals surface area contributed by atoms with Crippen LogP contribution in [0.2, 0.25) is 0 Å². The molecule has 6 aliphatic heterocycles. The van der Waals surface area contributed by atoms with Crippen LogP contribution in [-0.2, 0) is 89.5 Å². The van der Waals surface area contributed by atoms with Crippen LogP contribution in [0.1, 0.15) is 158 Å². The first-order chi connectivity index (χ1) is 61.3. The molecule has 684 valence electrons. The number of aliphatic hydroxyl groups is 1. The quantitative estimate of drug-likeness (QED) is 0.0376. The molecule has 10 aromatic carbocycles. The van der Waals surface area contributed by atoms with Crippen LogP contribution < -0.4 is 65.5 Å². The van der Waals surface area contributed by atoms with E-state index in [9.17, 15) is 52.6 Å². The van der Waals surface area contributed by atoms with Crippen LogP contribution in [0, 0.1) is 34.6 Å². The van der Waals surface area contributed by atoms with E-state index in [4.69, 9.17) is 35.8 Å². The average Bonchev–Trinajstić information content (AvgIpc) is 0.960. The van der Waals surface area contributed by atoms with Crippen molar-refractivity contribution < 1.29 is 118 Å². The molecule has 0 aromatic heterocycles. The number of aliphatic carboxylic acids is 2. The van der Waals surface area contributed by atoms with Gasteiger partial charge in [0.05, 0.1) is 19.7 Å². The number of carboxylic acids is 2. The summed E-state index contributed by atoms with van der Waals surface area (Å²) in [6.45, 7) is 21.2. The van der Waals surface area contributed by atoms with E-state index < -0.39 is 37.5 Å². The predicted octanol–water partition coefficient (Wildman–Crippen LogP) is 15.3. The number of hydrogen-bond acceptors (Lipinski definition) is 16. The number of amides is 5. The standard InChI is InChI=1S/C22H25NO3.2C18H17NO3.C16H15NO.C9H8BrNO.C7H9BO2.C6H11BrO2.C4H8O2.CH3F.2CH4.Na/c1-15-5-7-16(8-6-15)17-9-11-19-18(13-17)10-12-20(24)23(19)14-21(25)26-22(2,3)4;2*1-12-2-4-13(5-3-12)14-6-8-16-15(10-14)7-9-17(20)19(16)11-18(21)22;1-11-2-4-12(5-3-11)13-6-8-15-14(10-13)7-9-16(18)17-15;10-7-2-3-8-6(5-7)1-4-9(12)11-8;1-6-2-4-7(5-3-6)8(9)10;1-6(2,3)9-5(8)4-7;5-4-2-1-3-6-4;1-2;;;/h5-9,11,13H,10,12,14H2,1-4H3;2*2-6,8,10H,7,9,11H2,1H3,(H,21,22);2-6,8,10H,7,9H2,1H3,(H,17,18);2-3,5H,1,4H2,(H,11,12);2-5,9-10H,1H3;4H2,1-3H3;4-5H,1-3H2;1H3;2*1H4;/q;;;;;;;;;;;+1/p-1/i;;;;;;;;;1D;;. The first-order valence-electron chi connectivity index (χ1n) is 42.9. The van der Waals surface area contributed by atoms with Crippen molar-refractivity contribution in [2.24, 2.45) is 0 Å². The third-order valence-corrected chi connectivity index (χ3v) is 21.4. The number of hydrogen-bond donors (Lipinski definition) is 6. The Hall–Kier alpha value is -10.8. The molecule has 1 fully saturated rings. The van der Waals surface area contributed by atoms with Gasteiger partial charge in [0.1, 0.15) is 29.6 Å². The number of carbonyl (C=O) groups excluding carboxylic acids is 8. The Balaban J connectivity index is 0.000000271. The van der Waals surface area contributed by atoms with Gasteiger partial charge in [-0.3, -0.25) is 42.7 Å². The summed E-state index contributed by atoms with van der Waals surface area (Å²) in [5, 5.41) is 51.7. The fourth-order valence-corrected chi connectivity index (χ4v) is 14.6. The number of aliphatic hydroxyl groups excluding tert-OH is 1. The van der Waals surface area contributed by atoms with Gasteiger partial charge in [-0.05, 0) is 259 Å². The van der Waals surface area contributed by atoms with Gasteiger partial charge in [-0.25, -0.2) is 0 Å². The van der Waals surface area contributed by atoms with Crippen LogP contribution in [-0.4, -0.2) is 137 Å². The molecule has 0 radical (unpaired) electrons. The number of carbonyl (C=O) groups is 9. The number of halogens is 3. The number of aryl methyl sites for hydroxylation is 10. The van der Waals surface area contributed by atoms with Crippen LogP contribution >= 0.6 is 31.9 Å². The van der Waals surface area contributed by atoms with Crippen molar-refractivity contribution in [3.8, 4) is 44.5 Å². The zero-order chi connectivity index (χ0) is 94.8. The zero-order valence-corrected chi connectivity index (χ0v) is 81.1. The molecule has 6 aliphatic rings. The largest absolute Gasteiger partial charge is 1.00 e. The zero-order valence-electron chi connectivity index (χ0n) is 77.0. The summed E-state index contributed by atoms with van der Waals surface area (Å²) in [6.07, 6.45) is 7.34. The van der Waals surface area contributed by atoms with Gasteiger partial charge in [0.2, 0.25) is 29.5 Å². The molecule has 16 rings (SSSR count). The van der Waals surface area contributed by atoms with E-state index >= 15 is 0 Å². The van der Waals surface area contributed by atoms with E-state index in [1.54, 1.807) is 17.0 Å². The van der Waals surface area contributed by atoms with Crippen molar-refractivity contribution in [1.29, 1.82) is 0 Å². The summed E-state index contributed by atoms with van der Waals surface area (Å²) >= 11 is 6.39. The van der Waals surface area contributed by atoms with Crippen molar-refractivity contribution in [2.75, 3.05) is 64.1 Å². The van der Waals surface area contributed by atoms with Gasteiger partial charge in [-0.2, -0.15) is 0 Å². The summed E-state index contributed by atoms with van der Waals surface area (Å²) in [4.78, 5) is 107. The topological polar surface area (TPSA) is 319 Å². The van der Waals surface area contributed by atoms with Crippen molar-refractivity contribution in [1.82, 2.24) is 0 Å². The minimum absolute atomic E-state index is 0. The number of ether oxygens (including phenoxy) is 3. The monoisotopic (exact) mass is 1910 g/mol. The van der Waals surface area contributed by atoms with Crippen molar-refractivity contribution in [3.63, 3.8) is 0 Å². The summed E-state index contributed by atoms with van der Waals surface area (Å²) in [5.41, 5.74) is 24.4. The normalized spacial score (nSPS) is 14.1. The van der Waals surface area contributed by atoms with Gasteiger partial charge >= 0.3 is 54.6 Å². The van der Waals surface area contributed by atoms with Crippen LogP contribution in [0.25, 0.3) is 44.5 Å². The average molecular weight is 1910 g/mol. The molecular formula is C103H120BBr2FN5NaO17. The van der Waals surface area contributed by atoms with E-state index in [-0.39, 0.29) is 102 Å². The minimum atomic E-state index is -1.35. The molecule has 6 heterocycles. The molecule has 5 amide bonds. The molecule has 10 aromatic rings. The third-order valence-electron chi connectivity index (χ3n) is 20.4. The molecule has 0 aliphatic carbocycles. The molecule has 0 spiro atoms. The van der Waals surface area contributed by atoms with Crippen molar-refractivity contribution in [3.05, 3.63) is 272 Å². The second-order valence-corrected chi connectivity index (χ2v) is 34.5. The van der Waals surface area contributed by atoms with E-state index in [1.807, 2.05) is 135 Å². The molecule has 22 nitrogen and oxygen atoms in total. The predicted molar refractivity (Wildman–Crippen MR) is 517 cm³/mol. The number of rotatable bonds is 12. The summed E-state index contributed by atoms with van der Waals surface area (Å²) in [5.74, 6) is -2.95. The number of esters is 2. The molecule has 1 atom stereocenters. The first kappa shape index (κ1) is 108. The maximum atomic E-state index is 12.4. The Labute approximate surface area is 804 Å². The Morgan fingerprint density at radius 1 is 0.462 bits per heavy atom. The Morgan fingerprint density at radius 3 is 1.08 bits per heavy atom. The molecule has 1 unspecified atom stereocenters. The van der Waals surface area contributed by atoms with Crippen LogP contribution in [0.3, 0.4) is 0 Å². The summed E-state index contributed by atoms with van der Waals surface area (Å²) in [7, 11) is 0.403. The SMILES string of the molecule is C.CC(C)(C)OC(=O)CBr.CF.Cc1ccc(-c2ccc3c(c2)CCC(=O)N3)cc1.Cc1ccc(-c2ccc3c(c2)CCC(=O)N3CC(=O)O)cc1.Cc1ccc(-c2ccc3c(c2)CCC(=O)N3CC(=O)OC(C)(C)C)cc1.Cc1ccc(-c2ccc3c(c2)CCC(=O)N3CC(=O)[O-])cc1.Cc1ccc(B(O)O)cc1.O=C1CCc2cc(Br)ccc2N1.OC1CCCO1.[2H]C.[Na+]. The van der Waals surface area contributed by atoms with Gasteiger partial charge in [0.15, 0.2) is 6.29 Å². The number of carboxylic acid groups (broad SMARTS) is 2. The van der Waals surface area contributed by atoms with Crippen LogP contribution in [0.15, 0.2) is 217 Å². The Bertz CT molecular complexity index is 5330. The number of benzene rings is 10. The number of nitrogens with one attached hydrogen (secondary N) is 2. The first-order valence-corrected chi connectivity index (χ1v) is 43.9. The number of anilines is 5. The van der Waals surface area contributed by atoms with Crippen LogP contribution in [0.4, 0.5) is 32.8 Å². The van der Waals surface area contributed by atoms with E-state index in [2.05, 4.69) is 184 Å². The minimum Gasteiger partial charge on any atom is -0.548 e. The van der Waals surface area contributed by atoms with E-state index in [1.165, 1.54) is 61.7 Å². The van der Waals surface area contributed by atoms with Crippen molar-refractivity contribution in [2.45, 2.75) is 186 Å². The Morgan fingerprint density at radius 2 is 0.769 bits per heavy atom. The molecule has 27 heteroatoms. The molecule has 0 saturated carbocycles. The molecule has 1 saturated heterocycles. The smallest absolute Gasteiger partial charge is 0.548 e. The maximum Gasteiger partial charge on any atom is 1.00 e. The van der Waals surface area contributed by atoms with Crippen molar-refractivity contribution >= 4 is 126 Å². The summed E-state index contributed by atoms with van der Waals surface area (Å²) < 4.78 is 31.3. The van der Waals surface area contributed by atoms with Gasteiger partial charge in [-0.15, -0.1) is 0 Å². The molecule has 0 bridgehead atoms. The molecular weight excluding hydrogens is 1790 g/mol. The van der Waals surface area contributed by atoms with Gasteiger partial charge in [-0.1, -0.05) is 220 Å². The number of alkyl halides is 2. The summed E-state index contributed by atoms with van der Waals surface area (Å²) in [6, 6.07) is 70.3. The van der Waals surface area contributed by atoms with E-state index in [0.29, 0.717) is 69.7 Å². The van der Waals surface area contributed by atoms with Gasteiger partial charge in [0.25, 0.3) is 0 Å². The fourth-order valence-electron chi connectivity index (χ4n) is 14.1. The maximum absolute atomic E-state index is 12.4. The Kier molecular flexibility index (Phi) is 44.0. The number of nitrogens with zero attached hydrogens (tertiary/aromatic N) is 3.